The second-order valence-corrected chi connectivity index (χ2v) is 2.57. The summed E-state index contributed by atoms with van der Waals surface area (Å²) in [6, 6.07) is 4.61. The fraction of sp³-hybridized carbons (Fsp3) is 0.333. The summed E-state index contributed by atoms with van der Waals surface area (Å²) >= 11 is 0. The standard InChI is InChI=1S/C9H11F2N/c1-2-6-7(9(10)11)4-3-5-8(6)12/h3-5,9H,2,12H2,1H3. The van der Waals surface area contributed by atoms with Gasteiger partial charge in [0.25, 0.3) is 6.43 Å². The molecule has 0 heterocycles. The molecule has 0 atom stereocenters. The van der Waals surface area contributed by atoms with E-state index in [-0.39, 0.29) is 5.56 Å². The highest BCUT2D eigenvalue weighted by molar-refractivity contribution is 5.51. The normalized spacial score (nSPS) is 10.7. The van der Waals surface area contributed by atoms with E-state index in [0.29, 0.717) is 17.7 Å². The van der Waals surface area contributed by atoms with Gasteiger partial charge >= 0.3 is 0 Å². The van der Waals surface area contributed by atoms with Crippen LogP contribution in [0.25, 0.3) is 0 Å². The van der Waals surface area contributed by atoms with Crippen LogP contribution in [0, 0.1) is 0 Å². The van der Waals surface area contributed by atoms with Gasteiger partial charge in [-0.25, -0.2) is 8.78 Å². The van der Waals surface area contributed by atoms with E-state index in [0.717, 1.165) is 0 Å². The number of nitrogens with two attached hydrogens (primary N) is 1. The first kappa shape index (κ1) is 8.97. The van der Waals surface area contributed by atoms with Crippen molar-refractivity contribution in [3.8, 4) is 0 Å². The van der Waals surface area contributed by atoms with Gasteiger partial charge in [0.1, 0.15) is 0 Å². The first-order valence-electron chi connectivity index (χ1n) is 3.82. The van der Waals surface area contributed by atoms with Gasteiger partial charge in [-0.05, 0) is 18.1 Å². The Morgan fingerprint density at radius 2 is 2.08 bits per heavy atom. The summed E-state index contributed by atoms with van der Waals surface area (Å²) in [7, 11) is 0. The van der Waals surface area contributed by atoms with Crippen LogP contribution in [0.15, 0.2) is 18.2 Å². The Kier molecular flexibility index (Phi) is 2.63. The first-order valence-corrected chi connectivity index (χ1v) is 3.82. The topological polar surface area (TPSA) is 26.0 Å². The van der Waals surface area contributed by atoms with Gasteiger partial charge in [-0.2, -0.15) is 0 Å². The molecule has 0 amide bonds. The third-order valence-corrected chi connectivity index (χ3v) is 1.84. The highest BCUT2D eigenvalue weighted by Crippen LogP contribution is 2.26. The number of hydrogen-bond acceptors (Lipinski definition) is 1. The Bertz CT molecular complexity index is 271. The van der Waals surface area contributed by atoms with E-state index in [1.54, 1.807) is 12.1 Å². The van der Waals surface area contributed by atoms with E-state index in [4.69, 9.17) is 5.73 Å². The number of anilines is 1. The average Bonchev–Trinajstić information content (AvgIpc) is 2.03. The SMILES string of the molecule is CCc1c(N)cccc1C(F)F. The lowest BCUT2D eigenvalue weighted by atomic mass is 10.0. The number of rotatable bonds is 2. The van der Waals surface area contributed by atoms with Crippen LogP contribution in [-0.2, 0) is 6.42 Å². The molecule has 0 bridgehead atoms. The third kappa shape index (κ3) is 1.55. The fourth-order valence-electron chi connectivity index (χ4n) is 1.24. The summed E-state index contributed by atoms with van der Waals surface area (Å²) < 4.78 is 24.7. The summed E-state index contributed by atoms with van der Waals surface area (Å²) in [5, 5.41) is 0. The number of nitrogen functional groups attached to an aromatic ring is 1. The maximum Gasteiger partial charge on any atom is 0.264 e. The largest absolute Gasteiger partial charge is 0.398 e. The van der Waals surface area contributed by atoms with E-state index < -0.39 is 6.43 Å². The van der Waals surface area contributed by atoms with Gasteiger partial charge < -0.3 is 5.73 Å². The van der Waals surface area contributed by atoms with Crippen LogP contribution in [0.2, 0.25) is 0 Å². The molecular weight excluding hydrogens is 160 g/mol. The highest BCUT2D eigenvalue weighted by atomic mass is 19.3. The van der Waals surface area contributed by atoms with Crippen LogP contribution in [0.5, 0.6) is 0 Å². The van der Waals surface area contributed by atoms with Crippen molar-refractivity contribution in [2.75, 3.05) is 5.73 Å². The average molecular weight is 171 g/mol. The molecule has 0 radical (unpaired) electrons. The van der Waals surface area contributed by atoms with Crippen molar-refractivity contribution in [1.29, 1.82) is 0 Å². The minimum Gasteiger partial charge on any atom is -0.398 e. The molecule has 0 fully saturated rings. The van der Waals surface area contributed by atoms with E-state index in [1.165, 1.54) is 6.07 Å². The van der Waals surface area contributed by atoms with Gasteiger partial charge in [-0.15, -0.1) is 0 Å². The summed E-state index contributed by atoms with van der Waals surface area (Å²) in [6.07, 6.45) is -1.88. The summed E-state index contributed by atoms with van der Waals surface area (Å²) in [6.45, 7) is 1.82. The van der Waals surface area contributed by atoms with Gasteiger partial charge in [-0.3, -0.25) is 0 Å². The van der Waals surface area contributed by atoms with Gasteiger partial charge in [0.15, 0.2) is 0 Å². The molecular formula is C9H11F2N. The van der Waals surface area contributed by atoms with Gasteiger partial charge in [0, 0.05) is 11.3 Å². The van der Waals surface area contributed by atoms with E-state index in [1.807, 2.05) is 6.92 Å². The molecule has 1 aromatic rings. The molecule has 1 nitrogen and oxygen atoms in total. The van der Waals surface area contributed by atoms with E-state index >= 15 is 0 Å². The molecule has 0 aliphatic heterocycles. The van der Waals surface area contributed by atoms with Crippen molar-refractivity contribution < 1.29 is 8.78 Å². The first-order chi connectivity index (χ1) is 5.66. The molecule has 0 aliphatic carbocycles. The predicted octanol–water partition coefficient (Wildman–Crippen LogP) is 2.77. The lowest BCUT2D eigenvalue weighted by Crippen LogP contribution is -1.98. The Labute approximate surface area is 70.2 Å². The van der Waals surface area contributed by atoms with Crippen molar-refractivity contribution in [2.24, 2.45) is 0 Å². The van der Waals surface area contributed by atoms with Crippen LogP contribution in [0.4, 0.5) is 14.5 Å². The van der Waals surface area contributed by atoms with E-state index in [2.05, 4.69) is 0 Å². The number of halogens is 2. The monoisotopic (exact) mass is 171 g/mol. The molecule has 66 valence electrons. The predicted molar refractivity (Wildman–Crippen MR) is 45.2 cm³/mol. The van der Waals surface area contributed by atoms with Gasteiger partial charge in [0.2, 0.25) is 0 Å². The molecule has 0 saturated heterocycles. The summed E-state index contributed by atoms with van der Waals surface area (Å²) in [5.41, 5.74) is 6.61. The summed E-state index contributed by atoms with van der Waals surface area (Å²) in [5.74, 6) is 0. The molecule has 0 unspecified atom stereocenters. The number of benzene rings is 1. The lowest BCUT2D eigenvalue weighted by Gasteiger charge is -2.08. The quantitative estimate of drug-likeness (QED) is 0.680. The van der Waals surface area contributed by atoms with Crippen LogP contribution in [0.3, 0.4) is 0 Å². The number of hydrogen-bond donors (Lipinski definition) is 1. The van der Waals surface area contributed by atoms with Gasteiger partial charge in [-0.1, -0.05) is 19.1 Å². The third-order valence-electron chi connectivity index (χ3n) is 1.84. The molecule has 0 aromatic heterocycles. The van der Waals surface area contributed by atoms with Crippen LogP contribution in [0.1, 0.15) is 24.5 Å². The van der Waals surface area contributed by atoms with Crippen molar-refractivity contribution in [3.63, 3.8) is 0 Å². The Morgan fingerprint density at radius 1 is 1.42 bits per heavy atom. The molecule has 0 aliphatic rings. The highest BCUT2D eigenvalue weighted by Gasteiger charge is 2.12. The molecule has 3 heteroatoms. The molecule has 0 saturated carbocycles. The zero-order chi connectivity index (χ0) is 9.14. The fourth-order valence-corrected chi connectivity index (χ4v) is 1.24. The minimum absolute atomic E-state index is 0.0532. The van der Waals surface area contributed by atoms with Crippen LogP contribution >= 0.6 is 0 Å². The maximum absolute atomic E-state index is 12.3. The molecule has 1 rings (SSSR count). The minimum atomic E-state index is -2.43. The smallest absolute Gasteiger partial charge is 0.264 e. The van der Waals surface area contributed by atoms with Crippen molar-refractivity contribution in [2.45, 2.75) is 19.8 Å². The van der Waals surface area contributed by atoms with Crippen LogP contribution < -0.4 is 5.73 Å². The van der Waals surface area contributed by atoms with Crippen LogP contribution in [-0.4, -0.2) is 0 Å². The molecule has 1 aromatic carbocycles. The lowest BCUT2D eigenvalue weighted by molar-refractivity contribution is 0.150. The zero-order valence-electron chi connectivity index (χ0n) is 6.85. The number of alkyl halides is 2. The second-order valence-electron chi connectivity index (χ2n) is 2.57. The maximum atomic E-state index is 12.3. The van der Waals surface area contributed by atoms with Crippen molar-refractivity contribution in [1.82, 2.24) is 0 Å². The molecule has 12 heavy (non-hydrogen) atoms. The van der Waals surface area contributed by atoms with Gasteiger partial charge in [0.05, 0.1) is 0 Å². The Morgan fingerprint density at radius 3 is 2.50 bits per heavy atom. The molecule has 0 spiro atoms. The molecule has 2 N–H and O–H groups in total. The zero-order valence-corrected chi connectivity index (χ0v) is 6.85. The van der Waals surface area contributed by atoms with Crippen molar-refractivity contribution >= 4 is 5.69 Å². The van der Waals surface area contributed by atoms with Crippen molar-refractivity contribution in [3.05, 3.63) is 29.3 Å². The Balaban J connectivity index is 3.18. The summed E-state index contributed by atoms with van der Waals surface area (Å²) in [4.78, 5) is 0. The Hall–Kier alpha value is -1.12. The van der Waals surface area contributed by atoms with E-state index in [9.17, 15) is 8.78 Å². The second kappa shape index (κ2) is 3.52.